The number of unbranched alkanes of at least 4 members (excludes halogenated alkanes) is 1. The predicted molar refractivity (Wildman–Crippen MR) is 231 cm³/mol. The van der Waals surface area contributed by atoms with Crippen molar-refractivity contribution in [3.05, 3.63) is 59.1 Å². The predicted octanol–water partition coefficient (Wildman–Crippen LogP) is 3.05. The Morgan fingerprint density at radius 3 is 2.14 bits per heavy atom. The molecule has 5 atom stereocenters. The average molecular weight is 858 g/mol. The molecule has 0 saturated carbocycles. The SMILES string of the molecule is CC(=O)N[C@@H](Cc1ccccc1)C(=O)N[C@@H](CCCCN)C(=O)N[C@@H](CSSC(C)(C)C)C(=O)N[C@@H](C)C(=O)N[C@@H](CS)C(=O)Nc1ccc2nc(C#N)sc2c1. The summed E-state index contributed by atoms with van der Waals surface area (Å²) in [6.45, 7) is 9.14. The number of rotatable bonds is 21. The number of thiazole rings is 1. The van der Waals surface area contributed by atoms with E-state index in [1.165, 1.54) is 46.8 Å². The van der Waals surface area contributed by atoms with Crippen molar-refractivity contribution in [2.45, 2.75) is 95.3 Å². The second-order valence-electron chi connectivity index (χ2n) is 14.1. The number of nitriles is 1. The van der Waals surface area contributed by atoms with Crippen molar-refractivity contribution in [2.24, 2.45) is 5.73 Å². The summed E-state index contributed by atoms with van der Waals surface area (Å²) in [7, 11) is 2.87. The van der Waals surface area contributed by atoms with Crippen LogP contribution in [0.15, 0.2) is 48.5 Å². The van der Waals surface area contributed by atoms with Crippen molar-refractivity contribution >= 4 is 96.9 Å². The monoisotopic (exact) mass is 857 g/mol. The van der Waals surface area contributed by atoms with Crippen LogP contribution in [0.5, 0.6) is 0 Å². The van der Waals surface area contributed by atoms with Gasteiger partial charge in [-0.2, -0.15) is 17.9 Å². The first-order chi connectivity index (χ1) is 27.0. The number of carbonyl (C=O) groups excluding carboxylic acids is 6. The number of amides is 6. The summed E-state index contributed by atoms with van der Waals surface area (Å²) in [4.78, 5) is 83.9. The molecule has 3 rings (SSSR count). The van der Waals surface area contributed by atoms with Crippen LogP contribution in [-0.4, -0.2) is 93.4 Å². The van der Waals surface area contributed by atoms with Gasteiger partial charge in [0.25, 0.3) is 0 Å². The van der Waals surface area contributed by atoms with Gasteiger partial charge < -0.3 is 37.6 Å². The number of nitrogens with two attached hydrogens (primary N) is 1. The normalized spacial score (nSPS) is 13.9. The van der Waals surface area contributed by atoms with Gasteiger partial charge in [-0.1, -0.05) is 72.7 Å². The number of nitrogens with zero attached hydrogens (tertiary/aromatic N) is 2. The zero-order valence-electron chi connectivity index (χ0n) is 32.5. The summed E-state index contributed by atoms with van der Waals surface area (Å²) in [6.07, 6.45) is 1.50. The van der Waals surface area contributed by atoms with E-state index in [9.17, 15) is 28.8 Å². The van der Waals surface area contributed by atoms with Gasteiger partial charge in [0.05, 0.1) is 10.2 Å². The molecule has 0 unspecified atom stereocenters. The Morgan fingerprint density at radius 1 is 0.860 bits per heavy atom. The minimum Gasteiger partial charge on any atom is -0.344 e. The maximum Gasteiger partial charge on any atom is 0.247 e. The van der Waals surface area contributed by atoms with Crippen LogP contribution in [0.1, 0.15) is 64.5 Å². The van der Waals surface area contributed by atoms with Gasteiger partial charge in [0, 0.05) is 35.3 Å². The summed E-state index contributed by atoms with van der Waals surface area (Å²) < 4.78 is 0.530. The van der Waals surface area contributed by atoms with Gasteiger partial charge in [-0.05, 0) is 56.5 Å². The van der Waals surface area contributed by atoms with Crippen molar-refractivity contribution in [1.82, 2.24) is 31.6 Å². The highest BCUT2D eigenvalue weighted by atomic mass is 33.1. The van der Waals surface area contributed by atoms with Gasteiger partial charge in [-0.15, -0.1) is 11.3 Å². The topological polar surface area (TPSA) is 237 Å². The maximum absolute atomic E-state index is 13.9. The lowest BCUT2D eigenvalue weighted by Crippen LogP contribution is -2.59. The highest BCUT2D eigenvalue weighted by Crippen LogP contribution is 2.35. The minimum absolute atomic E-state index is 0.0512. The molecule has 15 nitrogen and oxygen atoms in total. The van der Waals surface area contributed by atoms with Crippen LogP contribution in [-0.2, 0) is 35.2 Å². The van der Waals surface area contributed by atoms with E-state index in [-0.39, 0.29) is 29.1 Å². The molecular weight excluding hydrogens is 807 g/mol. The van der Waals surface area contributed by atoms with E-state index in [0.29, 0.717) is 40.3 Å². The van der Waals surface area contributed by atoms with Crippen LogP contribution in [0, 0.1) is 11.3 Å². The van der Waals surface area contributed by atoms with Crippen molar-refractivity contribution in [3.63, 3.8) is 0 Å². The molecule has 0 saturated heterocycles. The lowest BCUT2D eigenvalue weighted by molar-refractivity contribution is -0.134. The highest BCUT2D eigenvalue weighted by molar-refractivity contribution is 8.77. The molecule has 0 fully saturated rings. The molecule has 0 aliphatic rings. The molecule has 0 spiro atoms. The van der Waals surface area contributed by atoms with Crippen LogP contribution in [0.2, 0.25) is 0 Å². The van der Waals surface area contributed by atoms with Crippen molar-refractivity contribution in [3.8, 4) is 6.07 Å². The summed E-state index contributed by atoms with van der Waals surface area (Å²) in [6, 6.07) is 10.8. The molecule has 0 aliphatic carbocycles. The van der Waals surface area contributed by atoms with Crippen molar-refractivity contribution in [2.75, 3.05) is 23.4 Å². The van der Waals surface area contributed by atoms with E-state index in [0.717, 1.165) is 5.56 Å². The zero-order valence-corrected chi connectivity index (χ0v) is 35.9. The largest absolute Gasteiger partial charge is 0.344 e. The molecule has 0 aliphatic heterocycles. The number of anilines is 1. The van der Waals surface area contributed by atoms with E-state index in [1.807, 2.05) is 57.2 Å². The molecule has 3 aromatic rings. The van der Waals surface area contributed by atoms with Crippen molar-refractivity contribution in [1.29, 1.82) is 5.26 Å². The van der Waals surface area contributed by atoms with Crippen molar-refractivity contribution < 1.29 is 28.8 Å². The van der Waals surface area contributed by atoms with E-state index >= 15 is 0 Å². The molecule has 0 radical (unpaired) electrons. The van der Waals surface area contributed by atoms with E-state index in [4.69, 9.17) is 11.0 Å². The number of hydrogen-bond donors (Lipinski definition) is 8. The number of thiol groups is 1. The van der Waals surface area contributed by atoms with Crippen LogP contribution in [0.3, 0.4) is 0 Å². The van der Waals surface area contributed by atoms with Gasteiger partial charge in [0.2, 0.25) is 35.4 Å². The second kappa shape index (κ2) is 23.2. The standard InChI is InChI=1S/C38H51N9O6S4/c1-22(33(49)46-29(20-54)36(52)43-25-14-15-26-31(18-25)56-32(19-40)44-26)41-37(53)30(21-55-57-38(3,4)5)47-34(50)27(13-9-10-16-39)45-35(51)28(42-23(2)48)17-24-11-7-6-8-12-24/h6-8,11-12,14-15,18,22,27-30,54H,9-10,13,16-17,20-21,39H2,1-5H3,(H,41,53)(H,42,48)(H,43,52)(H,45,51)(H,46,49)(H,47,50)/t22-,27-,28-,29-,30-/m0/s1. The summed E-state index contributed by atoms with van der Waals surface area (Å²) in [5.41, 5.74) is 7.57. The number of hydrogen-bond acceptors (Lipinski definition) is 13. The highest BCUT2D eigenvalue weighted by Gasteiger charge is 2.32. The summed E-state index contributed by atoms with van der Waals surface area (Å²) in [5, 5.41) is 25.7. The lowest BCUT2D eigenvalue weighted by Gasteiger charge is -2.27. The van der Waals surface area contributed by atoms with Gasteiger partial charge in [0.15, 0.2) is 5.01 Å². The van der Waals surface area contributed by atoms with Crippen LogP contribution >= 0.6 is 45.6 Å². The Bertz CT molecular complexity index is 1900. The van der Waals surface area contributed by atoms with E-state index in [2.05, 4.69) is 49.5 Å². The molecular formula is C38H51N9O6S4. The first-order valence-corrected chi connectivity index (χ1v) is 22.1. The van der Waals surface area contributed by atoms with E-state index in [1.54, 1.807) is 18.2 Å². The maximum atomic E-state index is 13.9. The number of fused-ring (bicyclic) bond motifs is 1. The first kappa shape index (κ1) is 47.0. The average Bonchev–Trinajstić information content (AvgIpc) is 3.58. The van der Waals surface area contributed by atoms with Gasteiger partial charge in [-0.3, -0.25) is 28.8 Å². The third-order valence-corrected chi connectivity index (χ3v) is 12.7. The number of carbonyl (C=O) groups is 6. The third-order valence-electron chi connectivity index (χ3n) is 8.05. The molecule has 57 heavy (non-hydrogen) atoms. The number of benzene rings is 2. The Balaban J connectivity index is 1.72. The molecule has 1 aromatic heterocycles. The molecule has 6 amide bonds. The Kier molecular flexibility index (Phi) is 19.1. The second-order valence-corrected chi connectivity index (χ2v) is 18.7. The Hall–Kier alpha value is -4.35. The van der Waals surface area contributed by atoms with Gasteiger partial charge in [-0.25, -0.2) is 4.98 Å². The van der Waals surface area contributed by atoms with Gasteiger partial charge in [0.1, 0.15) is 36.3 Å². The lowest BCUT2D eigenvalue weighted by atomic mass is 10.0. The van der Waals surface area contributed by atoms with Crippen LogP contribution in [0.25, 0.3) is 10.2 Å². The molecule has 19 heteroatoms. The van der Waals surface area contributed by atoms with Gasteiger partial charge >= 0.3 is 0 Å². The first-order valence-electron chi connectivity index (χ1n) is 18.3. The molecule has 2 aromatic carbocycles. The fourth-order valence-corrected chi connectivity index (χ4v) is 8.75. The Morgan fingerprint density at radius 2 is 1.51 bits per heavy atom. The summed E-state index contributed by atoms with van der Waals surface area (Å²) >= 11 is 5.43. The Labute approximate surface area is 350 Å². The smallest absolute Gasteiger partial charge is 0.247 e. The quantitative estimate of drug-likeness (QED) is 0.0440. The number of nitrogens with one attached hydrogen (secondary N) is 6. The number of aromatic nitrogens is 1. The molecule has 8 N–H and O–H groups in total. The fourth-order valence-electron chi connectivity index (χ4n) is 5.22. The van der Waals surface area contributed by atoms with Crippen LogP contribution in [0.4, 0.5) is 5.69 Å². The minimum atomic E-state index is -1.12. The molecule has 308 valence electrons. The fraction of sp³-hybridized carbons (Fsp3) is 0.474. The zero-order chi connectivity index (χ0) is 42.1. The van der Waals surface area contributed by atoms with E-state index < -0.39 is 65.7 Å². The molecule has 0 bridgehead atoms. The third kappa shape index (κ3) is 16.2. The summed E-state index contributed by atoms with van der Waals surface area (Å²) in [5.74, 6) is -3.38. The molecule has 1 heterocycles. The van der Waals surface area contributed by atoms with Crippen LogP contribution < -0.4 is 37.6 Å².